The minimum atomic E-state index is 0.327. The average molecular weight is 387 g/mol. The summed E-state index contributed by atoms with van der Waals surface area (Å²) in [5.41, 5.74) is 0.938. The van der Waals surface area contributed by atoms with E-state index in [1.54, 1.807) is 0 Å². The number of piperidine rings is 2. The number of hydrogen-bond donors (Lipinski definition) is 1. The summed E-state index contributed by atoms with van der Waals surface area (Å²) >= 11 is 0. The Morgan fingerprint density at radius 2 is 1.54 bits per heavy atom. The van der Waals surface area contributed by atoms with Gasteiger partial charge in [0.1, 0.15) is 0 Å². The van der Waals surface area contributed by atoms with E-state index in [2.05, 4.69) is 32.2 Å². The van der Waals surface area contributed by atoms with Crippen LogP contribution in [0.5, 0.6) is 0 Å². The van der Waals surface area contributed by atoms with Crippen molar-refractivity contribution in [3.05, 3.63) is 23.8 Å². The van der Waals surface area contributed by atoms with E-state index < -0.39 is 0 Å². The number of piperazine rings is 1. The first-order valence-electron chi connectivity index (χ1n) is 11.6. The lowest BCUT2D eigenvalue weighted by Crippen LogP contribution is -2.54. The fourth-order valence-electron chi connectivity index (χ4n) is 5.40. The lowest BCUT2D eigenvalue weighted by atomic mass is 9.96. The van der Waals surface area contributed by atoms with Crippen LogP contribution in [0.1, 0.15) is 44.9 Å². The standard InChI is InChI=1S/C23H38N4O/c28-23(20-4-2-1-3-5-20)10-15-25-13-6-21(7-14-25)26-16-8-22(9-17-26)27-18-11-24-12-19-27/h2,4-5,21-22,24H,1,3,6-19H2. The third kappa shape index (κ3) is 5.32. The quantitative estimate of drug-likeness (QED) is 0.756. The van der Waals surface area contributed by atoms with Crippen molar-refractivity contribution in [2.45, 2.75) is 57.0 Å². The van der Waals surface area contributed by atoms with Gasteiger partial charge in [0, 0.05) is 56.8 Å². The smallest absolute Gasteiger partial charge is 0.163 e. The number of carbonyl (C=O) groups is 1. The van der Waals surface area contributed by atoms with E-state index in [1.807, 2.05) is 6.08 Å². The first-order chi connectivity index (χ1) is 13.8. The van der Waals surface area contributed by atoms with Crippen molar-refractivity contribution in [3.63, 3.8) is 0 Å². The van der Waals surface area contributed by atoms with Gasteiger partial charge in [0.25, 0.3) is 0 Å². The molecule has 4 aliphatic rings. The highest BCUT2D eigenvalue weighted by Crippen LogP contribution is 2.24. The van der Waals surface area contributed by atoms with Gasteiger partial charge >= 0.3 is 0 Å². The van der Waals surface area contributed by atoms with Gasteiger partial charge in [0.15, 0.2) is 5.78 Å². The maximum absolute atomic E-state index is 12.4. The van der Waals surface area contributed by atoms with Gasteiger partial charge in [-0.25, -0.2) is 0 Å². The van der Waals surface area contributed by atoms with Gasteiger partial charge in [-0.1, -0.05) is 18.2 Å². The minimum Gasteiger partial charge on any atom is -0.314 e. The molecule has 0 aromatic rings. The zero-order valence-electron chi connectivity index (χ0n) is 17.5. The van der Waals surface area contributed by atoms with E-state index >= 15 is 0 Å². The van der Waals surface area contributed by atoms with Crippen LogP contribution in [0, 0.1) is 0 Å². The molecule has 3 fully saturated rings. The fraction of sp³-hybridized carbons (Fsp3) is 0.783. The summed E-state index contributed by atoms with van der Waals surface area (Å²) in [6.07, 6.45) is 14.3. The highest BCUT2D eigenvalue weighted by Gasteiger charge is 2.30. The summed E-state index contributed by atoms with van der Waals surface area (Å²) in [5, 5.41) is 3.47. The van der Waals surface area contributed by atoms with E-state index in [0.717, 1.165) is 63.2 Å². The van der Waals surface area contributed by atoms with Crippen molar-refractivity contribution in [1.82, 2.24) is 20.0 Å². The predicted molar refractivity (Wildman–Crippen MR) is 115 cm³/mol. The van der Waals surface area contributed by atoms with E-state index in [1.165, 1.54) is 51.9 Å². The predicted octanol–water partition coefficient (Wildman–Crippen LogP) is 2.06. The first-order valence-corrected chi connectivity index (χ1v) is 11.6. The molecular weight excluding hydrogens is 348 g/mol. The number of allylic oxidation sites excluding steroid dienone is 4. The van der Waals surface area contributed by atoms with Gasteiger partial charge in [-0.2, -0.15) is 0 Å². The molecule has 0 aromatic heterocycles. The number of nitrogens with one attached hydrogen (secondary N) is 1. The number of carbonyl (C=O) groups excluding carboxylic acids is 1. The summed E-state index contributed by atoms with van der Waals surface area (Å²) in [6, 6.07) is 1.58. The SMILES string of the molecule is O=C(CCN1CCC(N2CCC(N3CCNCC3)CC2)CC1)C1=CCCC=C1. The highest BCUT2D eigenvalue weighted by atomic mass is 16.1. The Labute approximate surface area is 170 Å². The second kappa shape index (κ2) is 10.1. The number of Topliss-reactive ketones (excluding diaryl/α,β-unsaturated/α-hetero) is 1. The molecule has 0 unspecified atom stereocenters. The molecule has 4 rings (SSSR count). The van der Waals surface area contributed by atoms with Crippen LogP contribution in [0.2, 0.25) is 0 Å². The Bertz CT molecular complexity index is 565. The number of rotatable bonds is 6. The molecule has 0 atom stereocenters. The van der Waals surface area contributed by atoms with E-state index in [-0.39, 0.29) is 0 Å². The lowest BCUT2D eigenvalue weighted by molar-refractivity contribution is -0.115. The van der Waals surface area contributed by atoms with Crippen LogP contribution in [0.3, 0.4) is 0 Å². The molecule has 5 heteroatoms. The summed E-state index contributed by atoms with van der Waals surface area (Å²) in [7, 11) is 0. The highest BCUT2D eigenvalue weighted by molar-refractivity contribution is 5.98. The van der Waals surface area contributed by atoms with E-state index in [0.29, 0.717) is 12.2 Å². The van der Waals surface area contributed by atoms with Gasteiger partial charge in [0.05, 0.1) is 0 Å². The zero-order valence-corrected chi connectivity index (χ0v) is 17.5. The number of ketones is 1. The maximum Gasteiger partial charge on any atom is 0.163 e. The summed E-state index contributed by atoms with van der Waals surface area (Å²) in [4.78, 5) is 20.3. The average Bonchev–Trinajstić information content (AvgIpc) is 2.79. The van der Waals surface area contributed by atoms with Gasteiger partial charge < -0.3 is 15.1 Å². The molecule has 0 bridgehead atoms. The molecule has 3 saturated heterocycles. The number of nitrogens with zero attached hydrogens (tertiary/aromatic N) is 3. The van der Waals surface area contributed by atoms with Crippen molar-refractivity contribution in [1.29, 1.82) is 0 Å². The third-order valence-electron chi connectivity index (χ3n) is 7.21. The molecule has 3 heterocycles. The molecule has 156 valence electrons. The van der Waals surface area contributed by atoms with Gasteiger partial charge in [-0.3, -0.25) is 9.69 Å². The Kier molecular flexibility index (Phi) is 7.35. The van der Waals surface area contributed by atoms with Crippen molar-refractivity contribution < 1.29 is 4.79 Å². The maximum atomic E-state index is 12.4. The van der Waals surface area contributed by atoms with Crippen molar-refractivity contribution in [2.75, 3.05) is 58.9 Å². The van der Waals surface area contributed by atoms with Crippen LogP contribution in [-0.2, 0) is 4.79 Å². The van der Waals surface area contributed by atoms with Gasteiger partial charge in [-0.15, -0.1) is 0 Å². The number of likely N-dealkylation sites (tertiary alicyclic amines) is 2. The Morgan fingerprint density at radius 1 is 0.893 bits per heavy atom. The Hall–Kier alpha value is -1.01. The van der Waals surface area contributed by atoms with Crippen LogP contribution in [0.4, 0.5) is 0 Å². The second-order valence-electron chi connectivity index (χ2n) is 8.94. The molecule has 28 heavy (non-hydrogen) atoms. The summed E-state index contributed by atoms with van der Waals surface area (Å²) < 4.78 is 0. The van der Waals surface area contributed by atoms with E-state index in [4.69, 9.17) is 0 Å². The Morgan fingerprint density at radius 3 is 2.18 bits per heavy atom. The van der Waals surface area contributed by atoms with Gasteiger partial charge in [-0.05, 0) is 64.7 Å². The van der Waals surface area contributed by atoms with Crippen LogP contribution in [0.25, 0.3) is 0 Å². The largest absolute Gasteiger partial charge is 0.314 e. The summed E-state index contributed by atoms with van der Waals surface area (Å²) in [5.74, 6) is 0.327. The molecule has 1 aliphatic carbocycles. The molecule has 0 radical (unpaired) electrons. The molecule has 3 aliphatic heterocycles. The molecule has 5 nitrogen and oxygen atoms in total. The fourth-order valence-corrected chi connectivity index (χ4v) is 5.40. The topological polar surface area (TPSA) is 38.8 Å². The third-order valence-corrected chi connectivity index (χ3v) is 7.21. The molecular formula is C23H38N4O. The zero-order chi connectivity index (χ0) is 19.2. The van der Waals surface area contributed by atoms with Crippen LogP contribution in [-0.4, -0.2) is 91.5 Å². The van der Waals surface area contributed by atoms with Crippen molar-refractivity contribution in [3.8, 4) is 0 Å². The Balaban J connectivity index is 1.14. The molecule has 0 aromatic carbocycles. The van der Waals surface area contributed by atoms with Crippen LogP contribution in [0.15, 0.2) is 23.8 Å². The molecule has 0 amide bonds. The first kappa shape index (κ1) is 20.3. The minimum absolute atomic E-state index is 0.327. The molecule has 1 N–H and O–H groups in total. The van der Waals surface area contributed by atoms with Crippen molar-refractivity contribution >= 4 is 5.78 Å². The van der Waals surface area contributed by atoms with Crippen molar-refractivity contribution in [2.24, 2.45) is 0 Å². The molecule has 0 spiro atoms. The van der Waals surface area contributed by atoms with Gasteiger partial charge in [0.2, 0.25) is 0 Å². The summed E-state index contributed by atoms with van der Waals surface area (Å²) in [6.45, 7) is 10.6. The normalized spacial score (nSPS) is 27.1. The van der Waals surface area contributed by atoms with Crippen LogP contribution < -0.4 is 5.32 Å². The van der Waals surface area contributed by atoms with E-state index in [9.17, 15) is 4.79 Å². The number of hydrogen-bond acceptors (Lipinski definition) is 5. The lowest BCUT2D eigenvalue weighted by Gasteiger charge is -2.44. The second-order valence-corrected chi connectivity index (χ2v) is 8.94. The van der Waals surface area contributed by atoms with Crippen LogP contribution >= 0.6 is 0 Å². The monoisotopic (exact) mass is 386 g/mol. The molecule has 0 saturated carbocycles.